The van der Waals surface area contributed by atoms with Gasteiger partial charge >= 0.3 is 5.24 Å². The number of amides is 1. The van der Waals surface area contributed by atoms with Gasteiger partial charge in [-0.15, -0.1) is 0 Å². The number of thioether (sulfide) groups is 1. The van der Waals surface area contributed by atoms with Gasteiger partial charge in [0.15, 0.2) is 0 Å². The van der Waals surface area contributed by atoms with Crippen LogP contribution in [0, 0.1) is 5.82 Å². The highest BCUT2D eigenvalue weighted by Crippen LogP contribution is 2.23. The summed E-state index contributed by atoms with van der Waals surface area (Å²) in [5.74, 6) is 0.0809. The maximum absolute atomic E-state index is 13.1. The number of anilines is 1. The van der Waals surface area contributed by atoms with Crippen molar-refractivity contribution in [2.45, 2.75) is 6.54 Å². The molecular formula is C17H16FN3O3S2. The van der Waals surface area contributed by atoms with Crippen LogP contribution < -0.4 is 4.72 Å². The zero-order valence-electron chi connectivity index (χ0n) is 13.8. The van der Waals surface area contributed by atoms with Gasteiger partial charge in [-0.3, -0.25) is 9.52 Å². The number of benzene rings is 2. The first-order chi connectivity index (χ1) is 12.3. The minimum absolute atomic E-state index is 0.197. The molecule has 0 aromatic heterocycles. The largest absolute Gasteiger partial charge is 0.302 e. The number of carbonyl (C=O) groups excluding carboxylic acids is 1. The molecule has 1 aliphatic heterocycles. The molecule has 0 aliphatic carbocycles. The van der Waals surface area contributed by atoms with Gasteiger partial charge in [0.1, 0.15) is 5.82 Å². The fourth-order valence-electron chi connectivity index (χ4n) is 2.42. The second-order valence-corrected chi connectivity index (χ2v) is 8.42. The van der Waals surface area contributed by atoms with E-state index in [0.717, 1.165) is 29.1 Å². The Morgan fingerprint density at radius 2 is 1.96 bits per heavy atom. The number of carbonyl (C=O) groups is 1. The van der Waals surface area contributed by atoms with Crippen molar-refractivity contribution >= 4 is 38.4 Å². The molecule has 2 aromatic rings. The Labute approximate surface area is 155 Å². The fraction of sp³-hybridized carbons (Fsp3) is 0.176. The van der Waals surface area contributed by atoms with Crippen LogP contribution in [0.3, 0.4) is 0 Å². The molecule has 0 atom stereocenters. The van der Waals surface area contributed by atoms with Crippen molar-refractivity contribution in [2.75, 3.05) is 16.7 Å². The van der Waals surface area contributed by atoms with Gasteiger partial charge < -0.3 is 0 Å². The average Bonchev–Trinajstić information content (AvgIpc) is 2.56. The van der Waals surface area contributed by atoms with Crippen molar-refractivity contribution in [1.82, 2.24) is 5.01 Å². The Bertz CT molecular complexity index is 959. The fourth-order valence-corrected chi connectivity index (χ4v) is 3.72. The number of sulfonamides is 1. The van der Waals surface area contributed by atoms with Crippen LogP contribution in [0.15, 0.2) is 53.6 Å². The van der Waals surface area contributed by atoms with Gasteiger partial charge in [-0.2, -0.15) is 5.10 Å². The first-order valence-electron chi connectivity index (χ1n) is 7.64. The quantitative estimate of drug-likeness (QED) is 0.846. The van der Waals surface area contributed by atoms with E-state index < -0.39 is 10.0 Å². The molecule has 1 heterocycles. The Morgan fingerprint density at radius 1 is 1.23 bits per heavy atom. The second kappa shape index (κ2) is 7.46. The summed E-state index contributed by atoms with van der Waals surface area (Å²) < 4.78 is 38.2. The van der Waals surface area contributed by atoms with E-state index in [0.29, 0.717) is 17.2 Å². The monoisotopic (exact) mass is 393 g/mol. The predicted octanol–water partition coefficient (Wildman–Crippen LogP) is 3.27. The van der Waals surface area contributed by atoms with Crippen molar-refractivity contribution < 1.29 is 17.6 Å². The van der Waals surface area contributed by atoms with Crippen LogP contribution in [-0.4, -0.2) is 36.4 Å². The van der Waals surface area contributed by atoms with Gasteiger partial charge in [-0.05, 0) is 35.4 Å². The van der Waals surface area contributed by atoms with Gasteiger partial charge in [0.25, 0.3) is 0 Å². The van der Waals surface area contributed by atoms with Gasteiger partial charge in [-0.25, -0.2) is 17.8 Å². The third-order valence-electron chi connectivity index (χ3n) is 3.52. The molecule has 2 aromatic carbocycles. The summed E-state index contributed by atoms with van der Waals surface area (Å²) >= 11 is 1.12. The van der Waals surface area contributed by atoms with Gasteiger partial charge in [0, 0.05) is 11.4 Å². The first kappa shape index (κ1) is 18.4. The molecule has 0 saturated heterocycles. The lowest BCUT2D eigenvalue weighted by atomic mass is 10.1. The minimum atomic E-state index is -3.38. The van der Waals surface area contributed by atoms with E-state index in [1.165, 1.54) is 17.1 Å². The van der Waals surface area contributed by atoms with Crippen molar-refractivity contribution in [3.8, 4) is 0 Å². The molecule has 0 spiro atoms. The standard InChI is InChI=1S/C17H16FN3O3S2/c1-26(23,24)20-15-4-2-3-12(9-15)10-21-17(22)25-11-16(19-21)13-5-7-14(18)8-6-13/h2-9,20H,10-11H2,1H3. The smallest absolute Gasteiger partial charge is 0.284 e. The number of hydrogen-bond acceptors (Lipinski definition) is 5. The van der Waals surface area contributed by atoms with Crippen LogP contribution in [0.2, 0.25) is 0 Å². The Balaban J connectivity index is 1.81. The van der Waals surface area contributed by atoms with Crippen molar-refractivity contribution in [2.24, 2.45) is 5.10 Å². The molecule has 3 rings (SSSR count). The molecule has 1 aliphatic rings. The van der Waals surface area contributed by atoms with Crippen LogP contribution in [0.25, 0.3) is 0 Å². The highest BCUT2D eigenvalue weighted by molar-refractivity contribution is 8.14. The summed E-state index contributed by atoms with van der Waals surface area (Å²) in [4.78, 5) is 12.2. The maximum atomic E-state index is 13.1. The SMILES string of the molecule is CS(=O)(=O)Nc1cccc(CN2N=C(c3ccc(F)cc3)CSC2=O)c1. The van der Waals surface area contributed by atoms with Crippen LogP contribution in [0.4, 0.5) is 14.9 Å². The van der Waals surface area contributed by atoms with E-state index >= 15 is 0 Å². The van der Waals surface area contributed by atoms with Gasteiger partial charge in [0.2, 0.25) is 10.0 Å². The topological polar surface area (TPSA) is 78.8 Å². The molecule has 0 bridgehead atoms. The lowest BCUT2D eigenvalue weighted by molar-refractivity contribution is 0.222. The lowest BCUT2D eigenvalue weighted by Gasteiger charge is -2.23. The van der Waals surface area contributed by atoms with E-state index in [9.17, 15) is 17.6 Å². The lowest BCUT2D eigenvalue weighted by Crippen LogP contribution is -2.29. The Hall–Kier alpha value is -2.39. The van der Waals surface area contributed by atoms with Crippen LogP contribution in [0.5, 0.6) is 0 Å². The number of hydrazone groups is 1. The van der Waals surface area contributed by atoms with Gasteiger partial charge in [0.05, 0.1) is 18.5 Å². The minimum Gasteiger partial charge on any atom is -0.284 e. The van der Waals surface area contributed by atoms with Crippen molar-refractivity contribution in [1.29, 1.82) is 0 Å². The maximum Gasteiger partial charge on any atom is 0.302 e. The average molecular weight is 393 g/mol. The molecule has 6 nitrogen and oxygen atoms in total. The molecule has 1 amide bonds. The number of nitrogens with zero attached hydrogens (tertiary/aromatic N) is 2. The summed E-state index contributed by atoms with van der Waals surface area (Å²) in [5, 5.41) is 5.51. The molecule has 0 saturated carbocycles. The Kier molecular flexibility index (Phi) is 5.28. The molecule has 26 heavy (non-hydrogen) atoms. The van der Waals surface area contributed by atoms with Crippen LogP contribution in [0.1, 0.15) is 11.1 Å². The summed E-state index contributed by atoms with van der Waals surface area (Å²) in [5.41, 5.74) is 2.59. The molecule has 9 heteroatoms. The molecule has 0 radical (unpaired) electrons. The number of nitrogens with one attached hydrogen (secondary N) is 1. The molecule has 0 unspecified atom stereocenters. The van der Waals surface area contributed by atoms with Gasteiger partial charge in [-0.1, -0.05) is 36.0 Å². The van der Waals surface area contributed by atoms with Crippen LogP contribution in [-0.2, 0) is 16.6 Å². The summed E-state index contributed by atoms with van der Waals surface area (Å²) in [6.07, 6.45) is 1.07. The molecular weight excluding hydrogens is 377 g/mol. The summed E-state index contributed by atoms with van der Waals surface area (Å²) in [6.45, 7) is 0.204. The van der Waals surface area contributed by atoms with E-state index in [2.05, 4.69) is 9.82 Å². The van der Waals surface area contributed by atoms with Crippen LogP contribution >= 0.6 is 11.8 Å². The zero-order chi connectivity index (χ0) is 18.7. The normalized spacial score (nSPS) is 14.9. The third kappa shape index (κ3) is 4.83. The van der Waals surface area contributed by atoms with E-state index in [-0.39, 0.29) is 17.6 Å². The predicted molar refractivity (Wildman–Crippen MR) is 101 cm³/mol. The van der Waals surface area contributed by atoms with Crippen molar-refractivity contribution in [3.05, 3.63) is 65.5 Å². The Morgan fingerprint density at radius 3 is 2.65 bits per heavy atom. The number of halogens is 1. The van der Waals surface area contributed by atoms with Crippen molar-refractivity contribution in [3.63, 3.8) is 0 Å². The van der Waals surface area contributed by atoms with E-state index in [4.69, 9.17) is 0 Å². The molecule has 1 N–H and O–H groups in total. The highest BCUT2D eigenvalue weighted by Gasteiger charge is 2.22. The van der Waals surface area contributed by atoms with E-state index in [1.54, 1.807) is 36.4 Å². The highest BCUT2D eigenvalue weighted by atomic mass is 32.2. The zero-order valence-corrected chi connectivity index (χ0v) is 15.5. The second-order valence-electron chi connectivity index (χ2n) is 5.74. The number of rotatable bonds is 5. The third-order valence-corrected chi connectivity index (χ3v) is 5.01. The number of hydrogen-bond donors (Lipinski definition) is 1. The molecule has 0 fully saturated rings. The molecule has 136 valence electrons. The van der Waals surface area contributed by atoms with E-state index in [1.807, 2.05) is 0 Å². The first-order valence-corrected chi connectivity index (χ1v) is 10.5. The summed E-state index contributed by atoms with van der Waals surface area (Å²) in [7, 11) is -3.38. The summed E-state index contributed by atoms with van der Waals surface area (Å²) in [6, 6.07) is 12.7.